The van der Waals surface area contributed by atoms with Crippen molar-refractivity contribution in [1.29, 1.82) is 0 Å². The van der Waals surface area contributed by atoms with E-state index >= 15 is 0 Å². The summed E-state index contributed by atoms with van der Waals surface area (Å²) < 4.78 is 52.6. The van der Waals surface area contributed by atoms with Crippen molar-refractivity contribution in [2.45, 2.75) is 30.7 Å². The minimum Gasteiger partial charge on any atom is -0.208 e. The second kappa shape index (κ2) is 6.58. The van der Waals surface area contributed by atoms with Gasteiger partial charge in [-0.25, -0.2) is 21.9 Å². The van der Waals surface area contributed by atoms with Crippen molar-refractivity contribution in [3.8, 4) is 0 Å². The molecule has 102 valence electrons. The molecule has 0 bridgehead atoms. The summed E-state index contributed by atoms with van der Waals surface area (Å²) in [4.78, 5) is -0.657. The van der Waals surface area contributed by atoms with Crippen molar-refractivity contribution in [2.75, 3.05) is 5.33 Å². The third-order valence-electron chi connectivity index (χ3n) is 2.45. The molecule has 0 aromatic heterocycles. The molecule has 1 rings (SSSR count). The van der Waals surface area contributed by atoms with Crippen LogP contribution in [0, 0.1) is 11.6 Å². The Morgan fingerprint density at radius 1 is 1.39 bits per heavy atom. The lowest BCUT2D eigenvalue weighted by Gasteiger charge is -2.16. The van der Waals surface area contributed by atoms with Crippen molar-refractivity contribution in [3.63, 3.8) is 0 Å². The summed E-state index contributed by atoms with van der Waals surface area (Å²) in [7, 11) is -4.03. The van der Waals surface area contributed by atoms with Crippen LogP contribution in [0.4, 0.5) is 8.78 Å². The largest absolute Gasteiger partial charge is 0.243 e. The van der Waals surface area contributed by atoms with E-state index < -0.39 is 26.6 Å². The molecule has 0 aliphatic heterocycles. The van der Waals surface area contributed by atoms with Crippen LogP contribution in [0.25, 0.3) is 0 Å². The van der Waals surface area contributed by atoms with Crippen molar-refractivity contribution in [1.82, 2.24) is 4.72 Å². The predicted octanol–water partition coefficient (Wildman–Crippen LogP) is 2.81. The Morgan fingerprint density at radius 3 is 2.61 bits per heavy atom. The number of halogens is 3. The van der Waals surface area contributed by atoms with Crippen LogP contribution >= 0.6 is 15.9 Å². The van der Waals surface area contributed by atoms with E-state index in [1.54, 1.807) is 0 Å². The molecule has 0 aliphatic carbocycles. The topological polar surface area (TPSA) is 46.2 Å². The Hall–Kier alpha value is -0.530. The number of alkyl halides is 1. The lowest BCUT2D eigenvalue weighted by molar-refractivity contribution is 0.518. The summed E-state index contributed by atoms with van der Waals surface area (Å²) in [6, 6.07) is 2.05. The molecular formula is C11H14BrF2NO2S. The van der Waals surface area contributed by atoms with Gasteiger partial charge in [-0.2, -0.15) is 0 Å². The standard InChI is InChI=1S/C11H14BrF2NO2S/c1-2-9(5-6-12)15-18(16,17)11-7-8(13)3-4-10(11)14/h3-4,7,9,15H,2,5-6H2,1H3. The quantitative estimate of drug-likeness (QED) is 0.808. The van der Waals surface area contributed by atoms with E-state index in [2.05, 4.69) is 20.7 Å². The van der Waals surface area contributed by atoms with E-state index in [9.17, 15) is 17.2 Å². The molecule has 0 saturated carbocycles. The Bertz CT molecular complexity index is 508. The highest BCUT2D eigenvalue weighted by Gasteiger charge is 2.22. The van der Waals surface area contributed by atoms with Gasteiger partial charge in [-0.15, -0.1) is 0 Å². The van der Waals surface area contributed by atoms with Crippen LogP contribution in [0.2, 0.25) is 0 Å². The number of benzene rings is 1. The van der Waals surface area contributed by atoms with Crippen molar-refractivity contribution >= 4 is 26.0 Å². The molecule has 3 nitrogen and oxygen atoms in total. The molecule has 1 aromatic carbocycles. The smallest absolute Gasteiger partial charge is 0.208 e. The second-order valence-corrected chi connectivity index (χ2v) is 6.25. The van der Waals surface area contributed by atoms with E-state index in [0.29, 0.717) is 24.2 Å². The first-order valence-corrected chi connectivity index (χ1v) is 8.04. The molecule has 0 fully saturated rings. The van der Waals surface area contributed by atoms with Crippen LogP contribution < -0.4 is 4.72 Å². The van der Waals surface area contributed by atoms with Gasteiger partial charge in [0.2, 0.25) is 10.0 Å². The molecule has 0 saturated heterocycles. The fourth-order valence-electron chi connectivity index (χ4n) is 1.44. The first-order chi connectivity index (χ1) is 8.40. The van der Waals surface area contributed by atoms with Gasteiger partial charge in [-0.3, -0.25) is 0 Å². The molecule has 1 atom stereocenters. The number of sulfonamides is 1. The van der Waals surface area contributed by atoms with Crippen LogP contribution in [-0.4, -0.2) is 19.8 Å². The number of rotatable bonds is 6. The van der Waals surface area contributed by atoms with Gasteiger partial charge in [0, 0.05) is 11.4 Å². The van der Waals surface area contributed by atoms with E-state index in [0.717, 1.165) is 12.1 Å². The molecule has 1 N–H and O–H groups in total. The minimum atomic E-state index is -4.03. The van der Waals surface area contributed by atoms with Gasteiger partial charge in [-0.1, -0.05) is 22.9 Å². The van der Waals surface area contributed by atoms with Gasteiger partial charge in [0.15, 0.2) is 0 Å². The zero-order valence-corrected chi connectivity index (χ0v) is 12.2. The lowest BCUT2D eigenvalue weighted by Crippen LogP contribution is -2.35. The summed E-state index contributed by atoms with van der Waals surface area (Å²) in [5.41, 5.74) is 0. The van der Waals surface area contributed by atoms with E-state index in [1.165, 1.54) is 0 Å². The van der Waals surface area contributed by atoms with E-state index in [-0.39, 0.29) is 6.04 Å². The summed E-state index contributed by atoms with van der Waals surface area (Å²) in [6.45, 7) is 1.82. The maximum Gasteiger partial charge on any atom is 0.243 e. The van der Waals surface area contributed by atoms with Gasteiger partial charge < -0.3 is 0 Å². The highest BCUT2D eigenvalue weighted by atomic mass is 79.9. The van der Waals surface area contributed by atoms with Crippen molar-refractivity contribution in [3.05, 3.63) is 29.8 Å². The van der Waals surface area contributed by atoms with Gasteiger partial charge in [-0.05, 0) is 31.0 Å². The third-order valence-corrected chi connectivity index (χ3v) is 4.45. The Kier molecular flexibility index (Phi) is 5.68. The molecule has 18 heavy (non-hydrogen) atoms. The SMILES string of the molecule is CCC(CCBr)NS(=O)(=O)c1cc(F)ccc1F. The molecule has 1 aromatic rings. The van der Waals surface area contributed by atoms with Crippen LogP contribution in [0.15, 0.2) is 23.1 Å². The van der Waals surface area contributed by atoms with Gasteiger partial charge >= 0.3 is 0 Å². The molecule has 0 radical (unpaired) electrons. The van der Waals surface area contributed by atoms with Crippen molar-refractivity contribution in [2.24, 2.45) is 0 Å². The third kappa shape index (κ3) is 4.00. The highest BCUT2D eigenvalue weighted by Crippen LogP contribution is 2.17. The van der Waals surface area contributed by atoms with Gasteiger partial charge in [0.05, 0.1) is 0 Å². The van der Waals surface area contributed by atoms with Crippen LogP contribution in [0.1, 0.15) is 19.8 Å². The monoisotopic (exact) mass is 341 g/mol. The maximum atomic E-state index is 13.4. The minimum absolute atomic E-state index is 0.308. The van der Waals surface area contributed by atoms with Crippen molar-refractivity contribution < 1.29 is 17.2 Å². The average molecular weight is 342 g/mol. The fourth-order valence-corrected chi connectivity index (χ4v) is 3.44. The number of hydrogen-bond donors (Lipinski definition) is 1. The fraction of sp³-hybridized carbons (Fsp3) is 0.455. The normalized spacial score (nSPS) is 13.6. The van der Waals surface area contributed by atoms with E-state index in [4.69, 9.17) is 0 Å². The average Bonchev–Trinajstić information content (AvgIpc) is 2.31. The summed E-state index contributed by atoms with van der Waals surface area (Å²) in [5.74, 6) is -1.75. The second-order valence-electron chi connectivity index (χ2n) is 3.78. The zero-order valence-electron chi connectivity index (χ0n) is 9.79. The Labute approximate surface area is 114 Å². The summed E-state index contributed by atoms with van der Waals surface area (Å²) in [5, 5.41) is 0.625. The molecule has 0 heterocycles. The number of nitrogens with one attached hydrogen (secondary N) is 1. The molecule has 1 unspecified atom stereocenters. The molecule has 7 heteroatoms. The molecular weight excluding hydrogens is 328 g/mol. The van der Waals surface area contributed by atoms with Gasteiger partial charge in [0.1, 0.15) is 16.5 Å². The van der Waals surface area contributed by atoms with E-state index in [1.807, 2.05) is 6.92 Å². The van der Waals surface area contributed by atoms with Crippen LogP contribution in [0.5, 0.6) is 0 Å². The zero-order chi connectivity index (χ0) is 13.8. The van der Waals surface area contributed by atoms with Crippen LogP contribution in [0.3, 0.4) is 0 Å². The van der Waals surface area contributed by atoms with Gasteiger partial charge in [0.25, 0.3) is 0 Å². The highest BCUT2D eigenvalue weighted by molar-refractivity contribution is 9.09. The maximum absolute atomic E-state index is 13.4. The van der Waals surface area contributed by atoms with Crippen LogP contribution in [-0.2, 0) is 10.0 Å². The predicted molar refractivity (Wildman–Crippen MR) is 69.2 cm³/mol. The first kappa shape index (κ1) is 15.5. The molecule has 0 amide bonds. The molecule has 0 spiro atoms. The summed E-state index contributed by atoms with van der Waals surface area (Å²) in [6.07, 6.45) is 1.15. The Balaban J connectivity index is 3.02. The first-order valence-electron chi connectivity index (χ1n) is 5.44. The summed E-state index contributed by atoms with van der Waals surface area (Å²) >= 11 is 3.21. The lowest BCUT2D eigenvalue weighted by atomic mass is 10.2. The number of hydrogen-bond acceptors (Lipinski definition) is 2. The molecule has 0 aliphatic rings. The Morgan fingerprint density at radius 2 is 2.06 bits per heavy atom.